The third-order valence-corrected chi connectivity index (χ3v) is 2.99. The maximum absolute atomic E-state index is 12.0. The number of nitrogens with one attached hydrogen (secondary N) is 1. The van der Waals surface area contributed by atoms with E-state index in [4.69, 9.17) is 0 Å². The number of pyridine rings is 1. The molecule has 1 aromatic carbocycles. The van der Waals surface area contributed by atoms with Crippen molar-refractivity contribution in [3.63, 3.8) is 0 Å². The van der Waals surface area contributed by atoms with E-state index in [0.29, 0.717) is 11.3 Å². The number of aromatic nitrogens is 3. The van der Waals surface area contributed by atoms with E-state index in [0.717, 1.165) is 17.4 Å². The lowest BCUT2D eigenvalue weighted by Gasteiger charge is -2.00. The lowest BCUT2D eigenvalue weighted by Crippen LogP contribution is -2.09. The summed E-state index contributed by atoms with van der Waals surface area (Å²) >= 11 is 0. The monoisotopic (exact) mass is 239 g/mol. The third kappa shape index (κ3) is 1.72. The molecule has 0 aliphatic rings. The number of benzene rings is 1. The Morgan fingerprint density at radius 2 is 2.11 bits per heavy atom. The summed E-state index contributed by atoms with van der Waals surface area (Å²) in [6.45, 7) is 2.81. The summed E-state index contributed by atoms with van der Waals surface area (Å²) in [6.07, 6.45) is 1.88. The Hall–Kier alpha value is -2.36. The Kier molecular flexibility index (Phi) is 2.48. The maximum Gasteiger partial charge on any atom is 0.257 e. The van der Waals surface area contributed by atoms with Crippen LogP contribution in [0.2, 0.25) is 0 Å². The molecule has 2 heterocycles. The van der Waals surface area contributed by atoms with Crippen LogP contribution in [0.4, 0.5) is 0 Å². The standard InChI is InChI=1S/C14H13N3O/c1-2-17-8-7-13(16-17)11-9-10-5-3-4-6-12(10)15-14(11)18/h3-9H,2H2,1H3,(H,15,18). The number of fused-ring (bicyclic) bond motifs is 1. The molecular formula is C14H13N3O. The van der Waals surface area contributed by atoms with Gasteiger partial charge in [0.2, 0.25) is 0 Å². The molecule has 4 nitrogen and oxygen atoms in total. The molecule has 1 N–H and O–H groups in total. The zero-order chi connectivity index (χ0) is 12.5. The highest BCUT2D eigenvalue weighted by Crippen LogP contribution is 2.17. The highest BCUT2D eigenvalue weighted by molar-refractivity contribution is 5.82. The van der Waals surface area contributed by atoms with Gasteiger partial charge in [-0.15, -0.1) is 0 Å². The van der Waals surface area contributed by atoms with Crippen molar-refractivity contribution in [1.29, 1.82) is 0 Å². The van der Waals surface area contributed by atoms with E-state index in [1.54, 1.807) is 0 Å². The average molecular weight is 239 g/mol. The highest BCUT2D eigenvalue weighted by Gasteiger charge is 2.08. The molecule has 0 bridgehead atoms. The SMILES string of the molecule is CCn1ccc(-c2cc3ccccc3[nH]c2=O)n1. The molecule has 90 valence electrons. The molecule has 3 rings (SSSR count). The van der Waals surface area contributed by atoms with Crippen molar-refractivity contribution in [3.05, 3.63) is 52.9 Å². The molecular weight excluding hydrogens is 226 g/mol. The molecule has 0 spiro atoms. The molecule has 3 aromatic rings. The van der Waals surface area contributed by atoms with Gasteiger partial charge in [-0.25, -0.2) is 0 Å². The molecule has 0 unspecified atom stereocenters. The Morgan fingerprint density at radius 3 is 2.89 bits per heavy atom. The Morgan fingerprint density at radius 1 is 1.28 bits per heavy atom. The first-order chi connectivity index (χ1) is 8.78. The predicted molar refractivity (Wildman–Crippen MR) is 71.5 cm³/mol. The van der Waals surface area contributed by atoms with Gasteiger partial charge >= 0.3 is 0 Å². The fourth-order valence-electron chi connectivity index (χ4n) is 2.02. The molecule has 4 heteroatoms. The van der Waals surface area contributed by atoms with Crippen molar-refractivity contribution in [3.8, 4) is 11.3 Å². The molecule has 0 aliphatic heterocycles. The van der Waals surface area contributed by atoms with Crippen molar-refractivity contribution in [2.45, 2.75) is 13.5 Å². The molecule has 0 saturated heterocycles. The number of aryl methyl sites for hydroxylation is 1. The molecule has 0 atom stereocenters. The predicted octanol–water partition coefficient (Wildman–Crippen LogP) is 2.41. The van der Waals surface area contributed by atoms with E-state index in [1.807, 2.05) is 54.2 Å². The molecule has 0 aliphatic carbocycles. The third-order valence-electron chi connectivity index (χ3n) is 2.99. The second-order valence-electron chi connectivity index (χ2n) is 4.16. The Bertz CT molecular complexity index is 755. The second-order valence-corrected chi connectivity index (χ2v) is 4.16. The fraction of sp³-hybridized carbons (Fsp3) is 0.143. The smallest absolute Gasteiger partial charge is 0.257 e. The van der Waals surface area contributed by atoms with Gasteiger partial charge in [0.05, 0.1) is 11.3 Å². The topological polar surface area (TPSA) is 50.7 Å². The number of hydrogen-bond acceptors (Lipinski definition) is 2. The number of nitrogens with zero attached hydrogens (tertiary/aromatic N) is 2. The summed E-state index contributed by atoms with van der Waals surface area (Å²) < 4.78 is 1.81. The van der Waals surface area contributed by atoms with E-state index in [9.17, 15) is 4.79 Å². The van der Waals surface area contributed by atoms with Crippen LogP contribution in [-0.4, -0.2) is 14.8 Å². The lowest BCUT2D eigenvalue weighted by molar-refractivity contribution is 0.662. The number of H-pyrrole nitrogens is 1. The first kappa shape index (κ1) is 10.8. The molecule has 0 amide bonds. The summed E-state index contributed by atoms with van der Waals surface area (Å²) in [5.74, 6) is 0. The summed E-state index contributed by atoms with van der Waals surface area (Å²) in [6, 6.07) is 11.5. The van der Waals surface area contributed by atoms with Gasteiger partial charge in [-0.2, -0.15) is 5.10 Å². The van der Waals surface area contributed by atoms with Crippen molar-refractivity contribution in [2.24, 2.45) is 0 Å². The van der Waals surface area contributed by atoms with Gasteiger partial charge in [0.1, 0.15) is 0 Å². The minimum Gasteiger partial charge on any atom is -0.321 e. The summed E-state index contributed by atoms with van der Waals surface area (Å²) in [7, 11) is 0. The lowest BCUT2D eigenvalue weighted by atomic mass is 10.1. The van der Waals surface area contributed by atoms with Crippen LogP contribution >= 0.6 is 0 Å². The summed E-state index contributed by atoms with van der Waals surface area (Å²) in [4.78, 5) is 14.9. The van der Waals surface area contributed by atoms with Gasteiger partial charge in [-0.3, -0.25) is 9.48 Å². The van der Waals surface area contributed by atoms with E-state index < -0.39 is 0 Å². The Balaban J connectivity index is 2.22. The zero-order valence-electron chi connectivity index (χ0n) is 10.1. The maximum atomic E-state index is 12.0. The molecule has 2 aromatic heterocycles. The van der Waals surface area contributed by atoms with Crippen LogP contribution in [0.15, 0.2) is 47.4 Å². The number of para-hydroxylation sites is 1. The van der Waals surface area contributed by atoms with Crippen LogP contribution in [0.25, 0.3) is 22.2 Å². The Labute approximate surface area is 104 Å². The quantitative estimate of drug-likeness (QED) is 0.746. The van der Waals surface area contributed by atoms with Gasteiger partial charge < -0.3 is 4.98 Å². The van der Waals surface area contributed by atoms with Crippen LogP contribution in [0.1, 0.15) is 6.92 Å². The normalized spacial score (nSPS) is 10.9. The highest BCUT2D eigenvalue weighted by atomic mass is 16.1. The van der Waals surface area contributed by atoms with Gasteiger partial charge in [0.15, 0.2) is 0 Å². The van der Waals surface area contributed by atoms with Crippen molar-refractivity contribution >= 4 is 10.9 Å². The number of aromatic amines is 1. The van der Waals surface area contributed by atoms with Crippen molar-refractivity contribution < 1.29 is 0 Å². The van der Waals surface area contributed by atoms with Crippen LogP contribution < -0.4 is 5.56 Å². The number of rotatable bonds is 2. The van der Waals surface area contributed by atoms with Crippen LogP contribution in [0.3, 0.4) is 0 Å². The molecule has 0 fully saturated rings. The average Bonchev–Trinajstić information content (AvgIpc) is 2.86. The fourth-order valence-corrected chi connectivity index (χ4v) is 2.02. The van der Waals surface area contributed by atoms with Gasteiger partial charge in [0, 0.05) is 18.3 Å². The van der Waals surface area contributed by atoms with E-state index in [2.05, 4.69) is 10.1 Å². The van der Waals surface area contributed by atoms with E-state index in [1.165, 1.54) is 0 Å². The van der Waals surface area contributed by atoms with E-state index >= 15 is 0 Å². The number of hydrogen-bond donors (Lipinski definition) is 1. The van der Waals surface area contributed by atoms with Crippen LogP contribution in [0.5, 0.6) is 0 Å². The van der Waals surface area contributed by atoms with Gasteiger partial charge in [-0.1, -0.05) is 18.2 Å². The van der Waals surface area contributed by atoms with Crippen LogP contribution in [0, 0.1) is 0 Å². The first-order valence-corrected chi connectivity index (χ1v) is 5.94. The van der Waals surface area contributed by atoms with Gasteiger partial charge in [0.25, 0.3) is 5.56 Å². The minimum atomic E-state index is -0.102. The van der Waals surface area contributed by atoms with Crippen LogP contribution in [-0.2, 0) is 6.54 Å². The van der Waals surface area contributed by atoms with Crippen molar-refractivity contribution in [2.75, 3.05) is 0 Å². The minimum absolute atomic E-state index is 0.102. The molecule has 0 radical (unpaired) electrons. The zero-order valence-corrected chi connectivity index (χ0v) is 10.1. The van der Waals surface area contributed by atoms with Crippen molar-refractivity contribution in [1.82, 2.24) is 14.8 Å². The molecule has 0 saturated carbocycles. The van der Waals surface area contributed by atoms with E-state index in [-0.39, 0.29) is 5.56 Å². The first-order valence-electron chi connectivity index (χ1n) is 5.94. The second kappa shape index (κ2) is 4.14. The summed E-state index contributed by atoms with van der Waals surface area (Å²) in [5.41, 5.74) is 2.07. The largest absolute Gasteiger partial charge is 0.321 e. The van der Waals surface area contributed by atoms with Gasteiger partial charge in [-0.05, 0) is 30.5 Å². The molecule has 18 heavy (non-hydrogen) atoms. The summed E-state index contributed by atoms with van der Waals surface area (Å²) in [5, 5.41) is 5.38.